The molecule has 0 saturated heterocycles. The molecule has 0 spiro atoms. The number of hydrogen-bond donors (Lipinski definition) is 2. The van der Waals surface area contributed by atoms with Crippen LogP contribution in [0, 0.1) is 11.3 Å². The molecule has 5 nitrogen and oxygen atoms in total. The van der Waals surface area contributed by atoms with Gasteiger partial charge in [0.25, 0.3) is 0 Å². The summed E-state index contributed by atoms with van der Waals surface area (Å²) in [6.07, 6.45) is 3.70. The van der Waals surface area contributed by atoms with Crippen molar-refractivity contribution in [1.29, 1.82) is 5.26 Å². The number of nitrogen functional groups attached to an aromatic ring is 1. The summed E-state index contributed by atoms with van der Waals surface area (Å²) in [4.78, 5) is 5.62. The van der Waals surface area contributed by atoms with E-state index in [9.17, 15) is 0 Å². The first-order valence-electron chi connectivity index (χ1n) is 5.78. The topological polar surface area (TPSA) is 84.0 Å². The molecule has 0 aliphatic rings. The molecule has 2 rings (SSSR count). The van der Waals surface area contributed by atoms with E-state index in [4.69, 9.17) is 15.7 Å². The standard InChI is InChI=1S/C13H14N4OS2/c1-18-10-4-3-8(6-16-10)7-17-13-12(19-2)11(15)9(5-14)20-13/h3-4,6,17H,7,15H2,1-2H3. The van der Waals surface area contributed by atoms with Gasteiger partial charge < -0.3 is 15.8 Å². The van der Waals surface area contributed by atoms with E-state index >= 15 is 0 Å². The smallest absolute Gasteiger partial charge is 0.212 e. The molecule has 2 heterocycles. The first-order valence-corrected chi connectivity index (χ1v) is 7.82. The zero-order chi connectivity index (χ0) is 14.5. The second-order valence-corrected chi connectivity index (χ2v) is 5.72. The largest absolute Gasteiger partial charge is 0.481 e. The molecule has 7 heteroatoms. The summed E-state index contributed by atoms with van der Waals surface area (Å²) >= 11 is 2.91. The second-order valence-electron chi connectivity index (χ2n) is 3.88. The van der Waals surface area contributed by atoms with E-state index in [1.807, 2.05) is 18.4 Å². The summed E-state index contributed by atoms with van der Waals surface area (Å²) < 4.78 is 5.02. The van der Waals surface area contributed by atoms with Crippen LogP contribution in [0.4, 0.5) is 10.7 Å². The van der Waals surface area contributed by atoms with Gasteiger partial charge >= 0.3 is 0 Å². The van der Waals surface area contributed by atoms with Crippen molar-refractivity contribution in [3.05, 3.63) is 28.8 Å². The van der Waals surface area contributed by atoms with E-state index in [2.05, 4.69) is 16.4 Å². The molecule has 2 aromatic heterocycles. The quantitative estimate of drug-likeness (QED) is 0.826. The molecule has 104 valence electrons. The summed E-state index contributed by atoms with van der Waals surface area (Å²) in [6, 6.07) is 5.87. The van der Waals surface area contributed by atoms with Crippen molar-refractivity contribution >= 4 is 33.8 Å². The molecular weight excluding hydrogens is 292 g/mol. The Morgan fingerprint density at radius 2 is 2.35 bits per heavy atom. The highest BCUT2D eigenvalue weighted by atomic mass is 32.2. The fraction of sp³-hybridized carbons (Fsp3) is 0.231. The van der Waals surface area contributed by atoms with Crippen LogP contribution in [0.3, 0.4) is 0 Å². The highest BCUT2D eigenvalue weighted by Crippen LogP contribution is 2.41. The Labute approximate surface area is 125 Å². The predicted octanol–water partition coefficient (Wildman–Crippen LogP) is 2.94. The Kier molecular flexibility index (Phi) is 4.71. The van der Waals surface area contributed by atoms with E-state index in [1.165, 1.54) is 23.1 Å². The molecule has 0 saturated carbocycles. The number of nitrogens with zero attached hydrogens (tertiary/aromatic N) is 2. The fourth-order valence-corrected chi connectivity index (χ4v) is 3.48. The van der Waals surface area contributed by atoms with Gasteiger partial charge in [-0.05, 0) is 11.8 Å². The van der Waals surface area contributed by atoms with Crippen LogP contribution in [0.2, 0.25) is 0 Å². The van der Waals surface area contributed by atoms with Gasteiger partial charge in [0.05, 0.1) is 17.7 Å². The maximum absolute atomic E-state index is 9.01. The number of nitriles is 1. The number of pyridine rings is 1. The predicted molar refractivity (Wildman–Crippen MR) is 83.3 cm³/mol. The number of thioether (sulfide) groups is 1. The Hall–Kier alpha value is -1.91. The minimum Gasteiger partial charge on any atom is -0.481 e. The Balaban J connectivity index is 2.12. The molecule has 0 bridgehead atoms. The van der Waals surface area contributed by atoms with E-state index in [0.29, 0.717) is 23.0 Å². The minimum atomic E-state index is 0.546. The molecule has 3 N–H and O–H groups in total. The van der Waals surface area contributed by atoms with Gasteiger partial charge in [-0.3, -0.25) is 0 Å². The number of anilines is 2. The van der Waals surface area contributed by atoms with E-state index < -0.39 is 0 Å². The van der Waals surface area contributed by atoms with Crippen LogP contribution in [0.25, 0.3) is 0 Å². The van der Waals surface area contributed by atoms with Crippen molar-refractivity contribution in [2.75, 3.05) is 24.4 Å². The zero-order valence-electron chi connectivity index (χ0n) is 11.1. The first-order chi connectivity index (χ1) is 9.69. The molecule has 0 fully saturated rings. The molecule has 0 atom stereocenters. The van der Waals surface area contributed by atoms with Crippen LogP contribution in [-0.4, -0.2) is 18.3 Å². The third-order valence-electron chi connectivity index (χ3n) is 2.67. The maximum Gasteiger partial charge on any atom is 0.212 e. The second kappa shape index (κ2) is 6.50. The normalized spacial score (nSPS) is 10.1. The number of ether oxygens (including phenoxy) is 1. The summed E-state index contributed by atoms with van der Waals surface area (Å²) in [5, 5.41) is 13.2. The van der Waals surface area contributed by atoms with Gasteiger partial charge in [0.15, 0.2) is 0 Å². The van der Waals surface area contributed by atoms with Gasteiger partial charge in [0, 0.05) is 18.8 Å². The van der Waals surface area contributed by atoms with Crippen molar-refractivity contribution in [2.45, 2.75) is 11.4 Å². The maximum atomic E-state index is 9.01. The number of rotatable bonds is 5. The number of nitrogens with one attached hydrogen (secondary N) is 1. The average molecular weight is 306 g/mol. The lowest BCUT2D eigenvalue weighted by atomic mass is 10.3. The van der Waals surface area contributed by atoms with Gasteiger partial charge in [-0.15, -0.1) is 23.1 Å². The zero-order valence-corrected chi connectivity index (χ0v) is 12.8. The average Bonchev–Trinajstić information content (AvgIpc) is 2.81. The van der Waals surface area contributed by atoms with Crippen LogP contribution in [0.15, 0.2) is 23.2 Å². The third-order valence-corrected chi connectivity index (χ3v) is 4.69. The van der Waals surface area contributed by atoms with Crippen LogP contribution in [0.5, 0.6) is 5.88 Å². The summed E-state index contributed by atoms with van der Waals surface area (Å²) in [6.45, 7) is 0.620. The number of hydrogen-bond acceptors (Lipinski definition) is 7. The molecule has 0 amide bonds. The fourth-order valence-electron chi connectivity index (χ4n) is 1.65. The molecule has 0 radical (unpaired) electrons. The summed E-state index contributed by atoms with van der Waals surface area (Å²) in [5.41, 5.74) is 7.52. The van der Waals surface area contributed by atoms with Crippen molar-refractivity contribution in [1.82, 2.24) is 4.98 Å². The van der Waals surface area contributed by atoms with E-state index in [0.717, 1.165) is 15.5 Å². The van der Waals surface area contributed by atoms with E-state index in [1.54, 1.807) is 13.3 Å². The van der Waals surface area contributed by atoms with Gasteiger partial charge in [-0.25, -0.2) is 4.98 Å². The van der Waals surface area contributed by atoms with Crippen LogP contribution in [0.1, 0.15) is 10.4 Å². The molecule has 0 aromatic carbocycles. The molecule has 0 aliphatic heterocycles. The monoisotopic (exact) mass is 306 g/mol. The van der Waals surface area contributed by atoms with Gasteiger partial charge in [-0.2, -0.15) is 5.26 Å². The molecule has 2 aromatic rings. The number of nitrogens with two attached hydrogens (primary N) is 1. The molecular formula is C13H14N4OS2. The summed E-state index contributed by atoms with van der Waals surface area (Å²) in [5.74, 6) is 0.589. The van der Waals surface area contributed by atoms with Gasteiger partial charge in [-0.1, -0.05) is 6.07 Å². The lowest BCUT2D eigenvalue weighted by Gasteiger charge is -2.06. The number of thiophene rings is 1. The Morgan fingerprint density at radius 3 is 2.90 bits per heavy atom. The highest BCUT2D eigenvalue weighted by molar-refractivity contribution is 7.99. The van der Waals surface area contributed by atoms with Crippen molar-refractivity contribution < 1.29 is 4.74 Å². The number of aromatic nitrogens is 1. The van der Waals surface area contributed by atoms with E-state index in [-0.39, 0.29) is 0 Å². The minimum absolute atomic E-state index is 0.546. The highest BCUT2D eigenvalue weighted by Gasteiger charge is 2.14. The lowest BCUT2D eigenvalue weighted by Crippen LogP contribution is -2.00. The van der Waals surface area contributed by atoms with Gasteiger partial charge in [0.2, 0.25) is 5.88 Å². The third kappa shape index (κ3) is 2.98. The number of methoxy groups -OCH3 is 1. The van der Waals surface area contributed by atoms with Crippen molar-refractivity contribution in [3.8, 4) is 11.9 Å². The van der Waals surface area contributed by atoms with Crippen molar-refractivity contribution in [3.63, 3.8) is 0 Å². The summed E-state index contributed by atoms with van der Waals surface area (Å²) in [7, 11) is 1.59. The van der Waals surface area contributed by atoms with Crippen molar-refractivity contribution in [2.24, 2.45) is 0 Å². The SMILES string of the molecule is COc1ccc(CNc2sc(C#N)c(N)c2SC)cn1. The Morgan fingerprint density at radius 1 is 1.55 bits per heavy atom. The van der Waals surface area contributed by atoms with Gasteiger partial charge in [0.1, 0.15) is 15.9 Å². The molecule has 20 heavy (non-hydrogen) atoms. The first kappa shape index (κ1) is 14.5. The molecule has 0 aliphatic carbocycles. The van der Waals surface area contributed by atoms with Crippen LogP contribution >= 0.6 is 23.1 Å². The van der Waals surface area contributed by atoms with Crippen LogP contribution < -0.4 is 15.8 Å². The van der Waals surface area contributed by atoms with Crippen LogP contribution in [-0.2, 0) is 6.54 Å². The Bertz CT molecular complexity index is 631. The lowest BCUT2D eigenvalue weighted by molar-refractivity contribution is 0.397. The molecule has 0 unspecified atom stereocenters.